The highest BCUT2D eigenvalue weighted by molar-refractivity contribution is 9.10. The maximum atomic E-state index is 12.2. The highest BCUT2D eigenvalue weighted by atomic mass is 79.9. The first-order valence-electron chi connectivity index (χ1n) is 7.60. The van der Waals surface area contributed by atoms with Gasteiger partial charge in [0.05, 0.1) is 5.39 Å². The van der Waals surface area contributed by atoms with Gasteiger partial charge in [-0.3, -0.25) is 4.79 Å². The Morgan fingerprint density at radius 2 is 1.29 bits per heavy atom. The fraction of sp³-hybridized carbons (Fsp3) is 0. The molecule has 0 aliphatic heterocycles. The standard InChI is InChI=1S/C21H13BrO2/c22-17-11-9-15(10-12-17)14-5-7-16(8-6-14)21-13-19(23)18-3-1-2-4-20(18)24-21/h1-13H. The van der Waals surface area contributed by atoms with E-state index in [0.717, 1.165) is 21.2 Å². The Morgan fingerprint density at radius 3 is 2.00 bits per heavy atom. The first kappa shape index (κ1) is 14.9. The second kappa shape index (κ2) is 6.10. The van der Waals surface area contributed by atoms with E-state index >= 15 is 0 Å². The van der Waals surface area contributed by atoms with Crippen molar-refractivity contribution in [2.75, 3.05) is 0 Å². The molecule has 3 heteroatoms. The minimum Gasteiger partial charge on any atom is -0.456 e. The van der Waals surface area contributed by atoms with Crippen molar-refractivity contribution in [3.8, 4) is 22.5 Å². The van der Waals surface area contributed by atoms with Gasteiger partial charge in [-0.1, -0.05) is 64.5 Å². The average molecular weight is 377 g/mol. The third kappa shape index (κ3) is 2.79. The molecule has 0 bridgehead atoms. The van der Waals surface area contributed by atoms with E-state index in [-0.39, 0.29) is 5.43 Å². The van der Waals surface area contributed by atoms with Crippen molar-refractivity contribution in [2.24, 2.45) is 0 Å². The third-order valence-corrected chi connectivity index (χ3v) is 4.51. The number of hydrogen-bond acceptors (Lipinski definition) is 2. The van der Waals surface area contributed by atoms with E-state index in [0.29, 0.717) is 16.7 Å². The van der Waals surface area contributed by atoms with Crippen LogP contribution in [0.5, 0.6) is 0 Å². The summed E-state index contributed by atoms with van der Waals surface area (Å²) in [7, 11) is 0. The summed E-state index contributed by atoms with van der Waals surface area (Å²) in [5, 5.41) is 0.604. The van der Waals surface area contributed by atoms with E-state index in [1.807, 2.05) is 54.6 Å². The Hall–Kier alpha value is -2.65. The Bertz CT molecular complexity index is 1060. The highest BCUT2D eigenvalue weighted by Crippen LogP contribution is 2.26. The molecule has 0 radical (unpaired) electrons. The van der Waals surface area contributed by atoms with Crippen molar-refractivity contribution < 1.29 is 4.42 Å². The zero-order valence-electron chi connectivity index (χ0n) is 12.7. The fourth-order valence-corrected chi connectivity index (χ4v) is 2.98. The van der Waals surface area contributed by atoms with Gasteiger partial charge in [0.1, 0.15) is 11.3 Å². The lowest BCUT2D eigenvalue weighted by Crippen LogP contribution is -1.99. The molecule has 0 aliphatic carbocycles. The molecule has 0 saturated carbocycles. The SMILES string of the molecule is O=c1cc(-c2ccc(-c3ccc(Br)cc3)cc2)oc2ccccc12. The molecule has 0 unspecified atom stereocenters. The van der Waals surface area contributed by atoms with E-state index in [4.69, 9.17) is 4.42 Å². The second-order valence-corrected chi connectivity index (χ2v) is 6.47. The maximum absolute atomic E-state index is 12.2. The molecule has 0 saturated heterocycles. The molecule has 24 heavy (non-hydrogen) atoms. The van der Waals surface area contributed by atoms with E-state index in [1.165, 1.54) is 0 Å². The predicted molar refractivity (Wildman–Crippen MR) is 101 cm³/mol. The summed E-state index contributed by atoms with van der Waals surface area (Å²) < 4.78 is 6.94. The second-order valence-electron chi connectivity index (χ2n) is 5.56. The topological polar surface area (TPSA) is 30.2 Å². The molecule has 1 aromatic heterocycles. The fourth-order valence-electron chi connectivity index (χ4n) is 2.72. The van der Waals surface area contributed by atoms with Gasteiger partial charge < -0.3 is 4.42 Å². The smallest absolute Gasteiger partial charge is 0.193 e. The van der Waals surface area contributed by atoms with Crippen molar-refractivity contribution >= 4 is 26.9 Å². The van der Waals surface area contributed by atoms with Crippen LogP contribution in [0.2, 0.25) is 0 Å². The summed E-state index contributed by atoms with van der Waals surface area (Å²) in [6, 6.07) is 25.0. The average Bonchev–Trinajstić information content (AvgIpc) is 2.62. The van der Waals surface area contributed by atoms with Crippen LogP contribution in [0, 0.1) is 0 Å². The van der Waals surface area contributed by atoms with Crippen molar-refractivity contribution in [1.29, 1.82) is 0 Å². The van der Waals surface area contributed by atoms with Crippen molar-refractivity contribution in [1.82, 2.24) is 0 Å². The van der Waals surface area contributed by atoms with Gasteiger partial charge in [0.25, 0.3) is 0 Å². The Balaban J connectivity index is 1.75. The zero-order valence-corrected chi connectivity index (χ0v) is 14.3. The number of para-hydroxylation sites is 1. The monoisotopic (exact) mass is 376 g/mol. The van der Waals surface area contributed by atoms with Crippen LogP contribution in [0.15, 0.2) is 92.5 Å². The van der Waals surface area contributed by atoms with Crippen LogP contribution in [0.25, 0.3) is 33.4 Å². The van der Waals surface area contributed by atoms with Crippen LogP contribution in [0.1, 0.15) is 0 Å². The minimum atomic E-state index is -0.0242. The molecule has 0 aliphatic rings. The summed E-state index contributed by atoms with van der Waals surface area (Å²) in [4.78, 5) is 12.2. The molecule has 2 nitrogen and oxygen atoms in total. The van der Waals surface area contributed by atoms with Gasteiger partial charge in [-0.05, 0) is 35.4 Å². The molecular weight excluding hydrogens is 364 g/mol. The lowest BCUT2D eigenvalue weighted by molar-refractivity contribution is 0.619. The number of benzene rings is 3. The minimum absolute atomic E-state index is 0.0242. The van der Waals surface area contributed by atoms with E-state index in [9.17, 15) is 4.79 Å². The molecule has 0 amide bonds. The van der Waals surface area contributed by atoms with Gasteiger partial charge in [0, 0.05) is 16.1 Å². The van der Waals surface area contributed by atoms with Crippen LogP contribution in [-0.4, -0.2) is 0 Å². The van der Waals surface area contributed by atoms with Crippen molar-refractivity contribution in [3.05, 3.63) is 93.6 Å². The molecular formula is C21H13BrO2. The molecule has 0 spiro atoms. The summed E-state index contributed by atoms with van der Waals surface area (Å²) in [5.74, 6) is 0.584. The molecule has 4 rings (SSSR count). The number of rotatable bonds is 2. The lowest BCUT2D eigenvalue weighted by Gasteiger charge is -2.06. The summed E-state index contributed by atoms with van der Waals surface area (Å²) in [6.45, 7) is 0. The quantitative estimate of drug-likeness (QED) is 0.436. The normalized spacial score (nSPS) is 10.9. The predicted octanol–water partition coefficient (Wildman–Crippen LogP) is 5.89. The van der Waals surface area contributed by atoms with Gasteiger partial charge in [-0.2, -0.15) is 0 Å². The van der Waals surface area contributed by atoms with Crippen molar-refractivity contribution in [3.63, 3.8) is 0 Å². The molecule has 4 aromatic rings. The van der Waals surface area contributed by atoms with E-state index in [2.05, 4.69) is 28.1 Å². The largest absolute Gasteiger partial charge is 0.456 e. The van der Waals surface area contributed by atoms with Crippen LogP contribution in [0.3, 0.4) is 0 Å². The zero-order chi connectivity index (χ0) is 16.5. The molecule has 3 aromatic carbocycles. The maximum Gasteiger partial charge on any atom is 0.193 e. The van der Waals surface area contributed by atoms with E-state index in [1.54, 1.807) is 12.1 Å². The van der Waals surface area contributed by atoms with Gasteiger partial charge >= 0.3 is 0 Å². The van der Waals surface area contributed by atoms with Crippen molar-refractivity contribution in [2.45, 2.75) is 0 Å². The molecule has 116 valence electrons. The number of hydrogen-bond donors (Lipinski definition) is 0. The molecule has 0 fully saturated rings. The van der Waals surface area contributed by atoms with Crippen LogP contribution < -0.4 is 5.43 Å². The first-order valence-corrected chi connectivity index (χ1v) is 8.39. The van der Waals surface area contributed by atoms with Gasteiger partial charge in [-0.15, -0.1) is 0 Å². The first-order chi connectivity index (χ1) is 11.7. The van der Waals surface area contributed by atoms with Gasteiger partial charge in [-0.25, -0.2) is 0 Å². The van der Waals surface area contributed by atoms with E-state index < -0.39 is 0 Å². The summed E-state index contributed by atoms with van der Waals surface area (Å²) in [5.41, 5.74) is 3.73. The Morgan fingerprint density at radius 1 is 0.708 bits per heavy atom. The Labute approximate surface area is 147 Å². The number of fused-ring (bicyclic) bond motifs is 1. The third-order valence-electron chi connectivity index (χ3n) is 3.98. The summed E-state index contributed by atoms with van der Waals surface area (Å²) in [6.07, 6.45) is 0. The Kier molecular flexibility index (Phi) is 3.79. The molecule has 0 N–H and O–H groups in total. The van der Waals surface area contributed by atoms with Crippen LogP contribution >= 0.6 is 15.9 Å². The molecule has 1 heterocycles. The van der Waals surface area contributed by atoms with Crippen LogP contribution in [0.4, 0.5) is 0 Å². The van der Waals surface area contributed by atoms with Crippen LogP contribution in [-0.2, 0) is 0 Å². The summed E-state index contributed by atoms with van der Waals surface area (Å²) >= 11 is 3.44. The van der Waals surface area contributed by atoms with Gasteiger partial charge in [0.15, 0.2) is 5.43 Å². The highest BCUT2D eigenvalue weighted by Gasteiger charge is 2.07. The van der Waals surface area contributed by atoms with Gasteiger partial charge in [0.2, 0.25) is 0 Å². The number of halogens is 1. The lowest BCUT2D eigenvalue weighted by atomic mass is 10.0. The molecule has 0 atom stereocenters.